The standard InChI is InChI=1S/C11H15N3O2/c1-7(15)6-14(2)11-13-9-5-8(12)3-4-10(9)16-11/h3-5,7,15H,6,12H2,1-2H3. The lowest BCUT2D eigenvalue weighted by Crippen LogP contribution is -2.26. The molecule has 0 radical (unpaired) electrons. The van der Waals surface area contributed by atoms with Crippen LogP contribution < -0.4 is 10.6 Å². The number of anilines is 2. The molecule has 1 unspecified atom stereocenters. The van der Waals surface area contributed by atoms with Crippen LogP contribution in [0.25, 0.3) is 11.1 Å². The highest BCUT2D eigenvalue weighted by molar-refractivity contribution is 5.78. The molecule has 1 aromatic carbocycles. The minimum atomic E-state index is -0.426. The average molecular weight is 221 g/mol. The van der Waals surface area contributed by atoms with Gasteiger partial charge >= 0.3 is 0 Å². The number of aromatic nitrogens is 1. The monoisotopic (exact) mass is 221 g/mol. The highest BCUT2D eigenvalue weighted by atomic mass is 16.4. The minimum Gasteiger partial charge on any atom is -0.423 e. The van der Waals surface area contributed by atoms with E-state index in [1.165, 1.54) is 0 Å². The number of aliphatic hydroxyl groups excluding tert-OH is 1. The van der Waals surface area contributed by atoms with E-state index in [1.807, 2.05) is 7.05 Å². The summed E-state index contributed by atoms with van der Waals surface area (Å²) in [5.74, 6) is 0. The van der Waals surface area contributed by atoms with Crippen LogP contribution in [0.1, 0.15) is 6.92 Å². The van der Waals surface area contributed by atoms with Crippen molar-refractivity contribution in [3.05, 3.63) is 18.2 Å². The van der Waals surface area contributed by atoms with Gasteiger partial charge in [0.05, 0.1) is 6.10 Å². The molecular weight excluding hydrogens is 206 g/mol. The van der Waals surface area contributed by atoms with E-state index in [-0.39, 0.29) is 0 Å². The van der Waals surface area contributed by atoms with Crippen LogP contribution in [-0.4, -0.2) is 29.8 Å². The lowest BCUT2D eigenvalue weighted by Gasteiger charge is -2.15. The quantitative estimate of drug-likeness (QED) is 0.762. The maximum atomic E-state index is 9.27. The largest absolute Gasteiger partial charge is 0.423 e. The average Bonchev–Trinajstić information content (AvgIpc) is 2.59. The molecule has 2 aromatic rings. The number of fused-ring (bicyclic) bond motifs is 1. The fourth-order valence-corrected chi connectivity index (χ4v) is 1.57. The highest BCUT2D eigenvalue weighted by Crippen LogP contribution is 2.22. The van der Waals surface area contributed by atoms with E-state index in [2.05, 4.69) is 4.98 Å². The maximum Gasteiger partial charge on any atom is 0.298 e. The second-order valence-corrected chi connectivity index (χ2v) is 3.95. The van der Waals surface area contributed by atoms with E-state index in [0.29, 0.717) is 23.8 Å². The van der Waals surface area contributed by atoms with Crippen LogP contribution in [0.15, 0.2) is 22.6 Å². The summed E-state index contributed by atoms with van der Waals surface area (Å²) in [6.45, 7) is 2.19. The summed E-state index contributed by atoms with van der Waals surface area (Å²) in [5.41, 5.74) is 7.74. The number of nitrogens with two attached hydrogens (primary N) is 1. The molecule has 0 aliphatic rings. The third-order valence-electron chi connectivity index (χ3n) is 2.26. The second kappa shape index (κ2) is 4.02. The Balaban J connectivity index is 2.32. The van der Waals surface area contributed by atoms with Gasteiger partial charge in [-0.05, 0) is 25.1 Å². The maximum absolute atomic E-state index is 9.27. The zero-order valence-electron chi connectivity index (χ0n) is 9.34. The SMILES string of the molecule is CC(O)CN(C)c1nc2cc(N)ccc2o1. The Morgan fingerprint density at radius 2 is 2.31 bits per heavy atom. The number of benzene rings is 1. The van der Waals surface area contributed by atoms with Gasteiger partial charge in [0.25, 0.3) is 6.01 Å². The Bertz CT molecular complexity index is 493. The smallest absolute Gasteiger partial charge is 0.298 e. The van der Waals surface area contributed by atoms with Crippen molar-refractivity contribution in [2.75, 3.05) is 24.2 Å². The first-order valence-corrected chi connectivity index (χ1v) is 5.11. The van der Waals surface area contributed by atoms with Gasteiger partial charge in [-0.15, -0.1) is 0 Å². The molecule has 0 amide bonds. The first-order valence-electron chi connectivity index (χ1n) is 5.11. The predicted octanol–water partition coefficient (Wildman–Crippen LogP) is 1.23. The van der Waals surface area contributed by atoms with Crippen molar-refractivity contribution in [2.24, 2.45) is 0 Å². The molecule has 2 rings (SSSR count). The molecule has 0 bridgehead atoms. The molecule has 0 aliphatic carbocycles. The van der Waals surface area contributed by atoms with Crippen molar-refractivity contribution in [3.8, 4) is 0 Å². The zero-order valence-corrected chi connectivity index (χ0v) is 9.34. The van der Waals surface area contributed by atoms with Gasteiger partial charge in [0.2, 0.25) is 0 Å². The van der Waals surface area contributed by atoms with Crippen molar-refractivity contribution in [1.82, 2.24) is 4.98 Å². The molecule has 1 aromatic heterocycles. The molecule has 86 valence electrons. The van der Waals surface area contributed by atoms with Gasteiger partial charge in [-0.3, -0.25) is 0 Å². The first kappa shape index (κ1) is 10.8. The van der Waals surface area contributed by atoms with E-state index in [4.69, 9.17) is 10.2 Å². The number of aliphatic hydroxyl groups is 1. The summed E-state index contributed by atoms with van der Waals surface area (Å²) in [5, 5.41) is 9.27. The normalized spacial score (nSPS) is 12.9. The van der Waals surface area contributed by atoms with Gasteiger partial charge in [0, 0.05) is 19.3 Å². The van der Waals surface area contributed by atoms with Crippen LogP contribution in [0.2, 0.25) is 0 Å². The molecule has 0 aliphatic heterocycles. The number of nitrogen functional groups attached to an aromatic ring is 1. The van der Waals surface area contributed by atoms with Crippen molar-refractivity contribution < 1.29 is 9.52 Å². The first-order chi connectivity index (χ1) is 7.56. The molecule has 0 fully saturated rings. The predicted molar refractivity (Wildman–Crippen MR) is 63.4 cm³/mol. The van der Waals surface area contributed by atoms with Gasteiger partial charge in [-0.1, -0.05) is 0 Å². The van der Waals surface area contributed by atoms with E-state index >= 15 is 0 Å². The second-order valence-electron chi connectivity index (χ2n) is 3.95. The molecule has 1 atom stereocenters. The van der Waals surface area contributed by atoms with Gasteiger partial charge < -0.3 is 20.2 Å². The summed E-state index contributed by atoms with van der Waals surface area (Å²) in [6, 6.07) is 5.81. The van der Waals surface area contributed by atoms with Crippen molar-refractivity contribution in [2.45, 2.75) is 13.0 Å². The van der Waals surface area contributed by atoms with E-state index in [0.717, 1.165) is 5.52 Å². The lowest BCUT2D eigenvalue weighted by atomic mass is 10.3. The van der Waals surface area contributed by atoms with Crippen LogP contribution >= 0.6 is 0 Å². The number of nitrogens with zero attached hydrogens (tertiary/aromatic N) is 2. The Morgan fingerprint density at radius 1 is 1.56 bits per heavy atom. The van der Waals surface area contributed by atoms with Crippen molar-refractivity contribution >= 4 is 22.8 Å². The fourth-order valence-electron chi connectivity index (χ4n) is 1.57. The lowest BCUT2D eigenvalue weighted by molar-refractivity contribution is 0.200. The van der Waals surface area contributed by atoms with E-state index < -0.39 is 6.10 Å². The van der Waals surface area contributed by atoms with Gasteiger partial charge in [-0.2, -0.15) is 4.98 Å². The van der Waals surface area contributed by atoms with Gasteiger partial charge in [-0.25, -0.2) is 0 Å². The van der Waals surface area contributed by atoms with Crippen LogP contribution in [0.5, 0.6) is 0 Å². The Hall–Kier alpha value is -1.75. The molecule has 3 N–H and O–H groups in total. The zero-order chi connectivity index (χ0) is 11.7. The van der Waals surface area contributed by atoms with Crippen LogP contribution in [0.4, 0.5) is 11.7 Å². The molecular formula is C11H15N3O2. The minimum absolute atomic E-state index is 0.426. The Morgan fingerprint density at radius 3 is 3.00 bits per heavy atom. The molecule has 1 heterocycles. The molecule has 0 spiro atoms. The topological polar surface area (TPSA) is 75.5 Å². The number of likely N-dealkylation sites (N-methyl/N-ethyl adjacent to an activating group) is 1. The number of hydrogen-bond acceptors (Lipinski definition) is 5. The third kappa shape index (κ3) is 2.09. The van der Waals surface area contributed by atoms with Crippen molar-refractivity contribution in [1.29, 1.82) is 0 Å². The van der Waals surface area contributed by atoms with Crippen LogP contribution in [-0.2, 0) is 0 Å². The molecule has 5 heteroatoms. The van der Waals surface area contributed by atoms with E-state index in [1.54, 1.807) is 30.0 Å². The van der Waals surface area contributed by atoms with Gasteiger partial charge in [0.15, 0.2) is 5.58 Å². The Labute approximate surface area is 93.5 Å². The molecule has 0 saturated carbocycles. The summed E-state index contributed by atoms with van der Waals surface area (Å²) in [6.07, 6.45) is -0.426. The summed E-state index contributed by atoms with van der Waals surface area (Å²) in [7, 11) is 1.82. The summed E-state index contributed by atoms with van der Waals surface area (Å²) < 4.78 is 5.53. The van der Waals surface area contributed by atoms with Crippen LogP contribution in [0, 0.1) is 0 Å². The fraction of sp³-hybridized carbons (Fsp3) is 0.364. The van der Waals surface area contributed by atoms with Crippen LogP contribution in [0.3, 0.4) is 0 Å². The molecule has 0 saturated heterocycles. The number of hydrogen-bond donors (Lipinski definition) is 2. The summed E-state index contributed by atoms with van der Waals surface area (Å²) in [4.78, 5) is 6.06. The van der Waals surface area contributed by atoms with E-state index in [9.17, 15) is 5.11 Å². The number of rotatable bonds is 3. The van der Waals surface area contributed by atoms with Gasteiger partial charge in [0.1, 0.15) is 5.52 Å². The number of oxazole rings is 1. The van der Waals surface area contributed by atoms with Crippen molar-refractivity contribution in [3.63, 3.8) is 0 Å². The highest BCUT2D eigenvalue weighted by Gasteiger charge is 2.11. The molecule has 5 nitrogen and oxygen atoms in total. The Kier molecular flexibility index (Phi) is 2.70. The molecule has 16 heavy (non-hydrogen) atoms. The third-order valence-corrected chi connectivity index (χ3v) is 2.26. The summed E-state index contributed by atoms with van der Waals surface area (Å²) >= 11 is 0.